The van der Waals surface area contributed by atoms with Crippen molar-refractivity contribution in [3.05, 3.63) is 79.8 Å². The van der Waals surface area contributed by atoms with Crippen molar-refractivity contribution >= 4 is 55.8 Å². The fourth-order valence-electron chi connectivity index (χ4n) is 3.01. The Hall–Kier alpha value is -2.26. The van der Waals surface area contributed by atoms with Crippen LogP contribution in [0.15, 0.2) is 65.1 Å². The molecule has 162 valence electrons. The minimum atomic E-state index is -0.221. The number of halogens is 2. The molecule has 2 N–H and O–H groups in total. The summed E-state index contributed by atoms with van der Waals surface area (Å²) in [7, 11) is 0. The zero-order valence-corrected chi connectivity index (χ0v) is 21.1. The number of para-hydroxylation sites is 1. The Kier molecular flexibility index (Phi) is 8.60. The zero-order valence-electron chi connectivity index (χ0n) is 17.4. The summed E-state index contributed by atoms with van der Waals surface area (Å²) < 4.78 is 13.6. The van der Waals surface area contributed by atoms with E-state index in [1.807, 2.05) is 55.5 Å². The first-order chi connectivity index (χ1) is 15.0. The Morgan fingerprint density at radius 1 is 1.06 bits per heavy atom. The van der Waals surface area contributed by atoms with Crippen molar-refractivity contribution in [2.24, 2.45) is 0 Å². The van der Waals surface area contributed by atoms with Crippen molar-refractivity contribution < 1.29 is 14.3 Å². The average molecular weight is 595 g/mol. The molecular weight excluding hydrogens is 571 g/mol. The number of hydrogen-bond donors (Lipinski definition) is 2. The number of amides is 1. The summed E-state index contributed by atoms with van der Waals surface area (Å²) in [6.07, 6.45) is 0. The number of rotatable bonds is 9. The number of carbonyl (C=O) groups is 1. The van der Waals surface area contributed by atoms with Gasteiger partial charge in [-0.2, -0.15) is 0 Å². The molecule has 0 radical (unpaired) electrons. The van der Waals surface area contributed by atoms with Crippen molar-refractivity contribution in [1.82, 2.24) is 0 Å². The van der Waals surface area contributed by atoms with Crippen LogP contribution in [-0.2, 0) is 11.3 Å². The third kappa shape index (κ3) is 6.87. The quantitative estimate of drug-likeness (QED) is 0.282. The van der Waals surface area contributed by atoms with Gasteiger partial charge in [0, 0.05) is 22.4 Å². The third-order valence-corrected chi connectivity index (χ3v) is 5.74. The molecule has 0 aliphatic rings. The molecule has 0 saturated heterocycles. The molecule has 0 aromatic heterocycles. The van der Waals surface area contributed by atoms with Gasteiger partial charge in [0.05, 0.1) is 10.2 Å². The van der Waals surface area contributed by atoms with Gasteiger partial charge in [-0.3, -0.25) is 4.79 Å². The maximum atomic E-state index is 12.3. The number of nitrogens with one attached hydrogen (secondary N) is 2. The fourth-order valence-corrected chi connectivity index (χ4v) is 4.30. The number of anilines is 2. The maximum absolute atomic E-state index is 12.3. The SMILES string of the molecule is CCOc1cc(CNc2ccc(Br)cc2C)cc(I)c1OCC(=O)Nc1ccccc1. The van der Waals surface area contributed by atoms with Crippen molar-refractivity contribution in [2.75, 3.05) is 23.8 Å². The van der Waals surface area contributed by atoms with Crippen LogP contribution in [-0.4, -0.2) is 19.1 Å². The Bertz CT molecular complexity index is 1040. The average Bonchev–Trinajstić information content (AvgIpc) is 2.73. The number of hydrogen-bond acceptors (Lipinski definition) is 4. The number of aryl methyl sites for hydroxylation is 1. The lowest BCUT2D eigenvalue weighted by molar-refractivity contribution is -0.118. The molecule has 0 fully saturated rings. The number of carbonyl (C=O) groups excluding carboxylic acids is 1. The first-order valence-electron chi connectivity index (χ1n) is 9.89. The molecule has 7 heteroatoms. The van der Waals surface area contributed by atoms with Crippen LogP contribution in [0, 0.1) is 10.5 Å². The largest absolute Gasteiger partial charge is 0.490 e. The fraction of sp³-hybridized carbons (Fsp3) is 0.208. The first-order valence-corrected chi connectivity index (χ1v) is 11.8. The van der Waals surface area contributed by atoms with Gasteiger partial charge >= 0.3 is 0 Å². The van der Waals surface area contributed by atoms with E-state index in [1.54, 1.807) is 0 Å². The van der Waals surface area contributed by atoms with Gasteiger partial charge < -0.3 is 20.1 Å². The van der Waals surface area contributed by atoms with E-state index in [9.17, 15) is 4.79 Å². The monoisotopic (exact) mass is 594 g/mol. The molecule has 0 unspecified atom stereocenters. The van der Waals surface area contributed by atoms with Gasteiger partial charge in [-0.25, -0.2) is 0 Å². The predicted octanol–water partition coefficient (Wildman–Crippen LogP) is 6.39. The van der Waals surface area contributed by atoms with Crippen molar-refractivity contribution in [1.29, 1.82) is 0 Å². The lowest BCUT2D eigenvalue weighted by Gasteiger charge is -2.16. The number of benzene rings is 3. The molecule has 3 aromatic carbocycles. The summed E-state index contributed by atoms with van der Waals surface area (Å²) in [5, 5.41) is 6.29. The Morgan fingerprint density at radius 2 is 1.84 bits per heavy atom. The summed E-state index contributed by atoms with van der Waals surface area (Å²) in [6, 6.07) is 19.5. The highest BCUT2D eigenvalue weighted by Gasteiger charge is 2.14. The molecule has 0 saturated carbocycles. The Balaban J connectivity index is 1.68. The summed E-state index contributed by atoms with van der Waals surface area (Å²) in [4.78, 5) is 12.3. The second-order valence-corrected chi connectivity index (χ2v) is 8.93. The Labute approximate surface area is 204 Å². The van der Waals surface area contributed by atoms with E-state index in [2.05, 4.69) is 68.2 Å². The summed E-state index contributed by atoms with van der Waals surface area (Å²) in [5.41, 5.74) is 4.05. The molecule has 0 aliphatic carbocycles. The van der Waals surface area contributed by atoms with Crippen LogP contribution >= 0.6 is 38.5 Å². The summed E-state index contributed by atoms with van der Waals surface area (Å²) in [6.45, 7) is 5.05. The van der Waals surface area contributed by atoms with Gasteiger partial charge in [0.2, 0.25) is 0 Å². The lowest BCUT2D eigenvalue weighted by atomic mass is 10.1. The van der Waals surface area contributed by atoms with Crippen LogP contribution < -0.4 is 20.1 Å². The van der Waals surface area contributed by atoms with E-state index in [-0.39, 0.29) is 12.5 Å². The molecule has 3 aromatic rings. The standard InChI is InChI=1S/C24H24BrIN2O3/c1-3-30-22-13-17(14-27-21-10-9-18(25)11-16(21)2)12-20(26)24(22)31-15-23(29)28-19-7-5-4-6-8-19/h4-13,27H,3,14-15H2,1-2H3,(H,28,29). The topological polar surface area (TPSA) is 59.6 Å². The van der Waals surface area contributed by atoms with Crippen LogP contribution in [0.25, 0.3) is 0 Å². The van der Waals surface area contributed by atoms with Crippen molar-refractivity contribution in [3.63, 3.8) is 0 Å². The van der Waals surface area contributed by atoms with Gasteiger partial charge in [-0.1, -0.05) is 34.1 Å². The molecular formula is C24H24BrIN2O3. The van der Waals surface area contributed by atoms with Crippen LogP contribution in [0.3, 0.4) is 0 Å². The van der Waals surface area contributed by atoms with Gasteiger partial charge in [-0.15, -0.1) is 0 Å². The highest BCUT2D eigenvalue weighted by atomic mass is 127. The van der Waals surface area contributed by atoms with Crippen LogP contribution in [0.5, 0.6) is 11.5 Å². The first kappa shape index (κ1) is 23.4. The van der Waals surface area contributed by atoms with Crippen LogP contribution in [0.2, 0.25) is 0 Å². The molecule has 31 heavy (non-hydrogen) atoms. The minimum Gasteiger partial charge on any atom is -0.490 e. The normalized spacial score (nSPS) is 10.5. The van der Waals surface area contributed by atoms with E-state index in [1.165, 1.54) is 5.56 Å². The van der Waals surface area contributed by atoms with E-state index in [0.29, 0.717) is 24.7 Å². The van der Waals surface area contributed by atoms with Gasteiger partial charge in [-0.05, 0) is 90.0 Å². The van der Waals surface area contributed by atoms with Crippen LogP contribution in [0.1, 0.15) is 18.1 Å². The highest BCUT2D eigenvalue weighted by molar-refractivity contribution is 14.1. The van der Waals surface area contributed by atoms with Crippen molar-refractivity contribution in [3.8, 4) is 11.5 Å². The van der Waals surface area contributed by atoms with Gasteiger partial charge in [0.1, 0.15) is 0 Å². The zero-order chi connectivity index (χ0) is 22.2. The molecule has 0 atom stereocenters. The number of ether oxygens (including phenoxy) is 2. The predicted molar refractivity (Wildman–Crippen MR) is 137 cm³/mol. The summed E-state index contributed by atoms with van der Waals surface area (Å²) in [5.74, 6) is 0.987. The van der Waals surface area contributed by atoms with Gasteiger partial charge in [0.15, 0.2) is 18.1 Å². The molecule has 0 bridgehead atoms. The highest BCUT2D eigenvalue weighted by Crippen LogP contribution is 2.34. The second-order valence-electron chi connectivity index (χ2n) is 6.85. The third-order valence-electron chi connectivity index (χ3n) is 4.45. The van der Waals surface area contributed by atoms with Gasteiger partial charge in [0.25, 0.3) is 5.91 Å². The minimum absolute atomic E-state index is 0.0966. The molecule has 1 amide bonds. The van der Waals surface area contributed by atoms with E-state index < -0.39 is 0 Å². The van der Waals surface area contributed by atoms with E-state index >= 15 is 0 Å². The molecule has 5 nitrogen and oxygen atoms in total. The lowest BCUT2D eigenvalue weighted by Crippen LogP contribution is -2.20. The smallest absolute Gasteiger partial charge is 0.262 e. The van der Waals surface area contributed by atoms with E-state index in [4.69, 9.17) is 9.47 Å². The Morgan fingerprint density at radius 3 is 2.55 bits per heavy atom. The van der Waals surface area contributed by atoms with E-state index in [0.717, 1.165) is 25.0 Å². The molecule has 0 aliphatic heterocycles. The second kappa shape index (κ2) is 11.4. The van der Waals surface area contributed by atoms with Crippen molar-refractivity contribution in [2.45, 2.75) is 20.4 Å². The molecule has 0 spiro atoms. The molecule has 3 rings (SSSR count). The summed E-state index contributed by atoms with van der Waals surface area (Å²) >= 11 is 5.71. The molecule has 0 heterocycles. The maximum Gasteiger partial charge on any atom is 0.262 e. The van der Waals surface area contributed by atoms with Crippen LogP contribution in [0.4, 0.5) is 11.4 Å².